The molecule has 1 N–H and O–H groups in total. The van der Waals surface area contributed by atoms with Crippen LogP contribution in [0.1, 0.15) is 39.4 Å². The number of amides is 1. The number of benzene rings is 2. The summed E-state index contributed by atoms with van der Waals surface area (Å²) in [4.78, 5) is 24.1. The predicted molar refractivity (Wildman–Crippen MR) is 113 cm³/mol. The molecule has 1 aliphatic heterocycles. The molecule has 0 atom stereocenters. The number of anilines is 1. The Morgan fingerprint density at radius 1 is 1.04 bits per heavy atom. The van der Waals surface area contributed by atoms with Crippen molar-refractivity contribution in [1.29, 1.82) is 0 Å². The van der Waals surface area contributed by atoms with Crippen molar-refractivity contribution in [3.63, 3.8) is 0 Å². The minimum absolute atomic E-state index is 0.301. The summed E-state index contributed by atoms with van der Waals surface area (Å²) in [7, 11) is 0. The number of esters is 1. The van der Waals surface area contributed by atoms with Gasteiger partial charge in [0.2, 0.25) is 0 Å². The minimum atomic E-state index is -0.484. The standard InChI is InChI=1S/C21H23NO3S2/c1-2-15-4-10-18(11-5-15)22-19(23)14-25-20(24)16-6-8-17(9-7-16)21-26-12-3-13-27-21/h4-11,21H,2-3,12-14H2,1H3,(H,22,23). The molecule has 0 spiro atoms. The lowest BCUT2D eigenvalue weighted by Crippen LogP contribution is -2.20. The molecule has 1 aliphatic rings. The number of hydrogen-bond acceptors (Lipinski definition) is 5. The molecule has 27 heavy (non-hydrogen) atoms. The first-order chi connectivity index (χ1) is 13.2. The Hall–Kier alpha value is -1.92. The van der Waals surface area contributed by atoms with E-state index in [1.807, 2.05) is 59.9 Å². The van der Waals surface area contributed by atoms with Crippen LogP contribution < -0.4 is 5.32 Å². The molecule has 0 aromatic heterocycles. The van der Waals surface area contributed by atoms with Crippen molar-refractivity contribution in [3.8, 4) is 0 Å². The van der Waals surface area contributed by atoms with Crippen LogP contribution in [0.2, 0.25) is 0 Å². The van der Waals surface area contributed by atoms with E-state index in [2.05, 4.69) is 12.2 Å². The van der Waals surface area contributed by atoms with Crippen molar-refractivity contribution in [2.45, 2.75) is 24.3 Å². The maximum absolute atomic E-state index is 12.2. The molecule has 0 saturated carbocycles. The average molecular weight is 402 g/mol. The summed E-state index contributed by atoms with van der Waals surface area (Å²) < 4.78 is 5.57. The Morgan fingerprint density at radius 2 is 1.70 bits per heavy atom. The van der Waals surface area contributed by atoms with E-state index in [0.717, 1.165) is 6.42 Å². The normalized spacial score (nSPS) is 14.6. The molecule has 142 valence electrons. The molecule has 1 fully saturated rings. The van der Waals surface area contributed by atoms with Crippen LogP contribution in [0, 0.1) is 0 Å². The topological polar surface area (TPSA) is 55.4 Å². The summed E-state index contributed by atoms with van der Waals surface area (Å²) in [6.07, 6.45) is 2.20. The smallest absolute Gasteiger partial charge is 0.338 e. The van der Waals surface area contributed by atoms with Crippen molar-refractivity contribution in [3.05, 3.63) is 65.2 Å². The zero-order valence-corrected chi connectivity index (χ0v) is 16.9. The van der Waals surface area contributed by atoms with Gasteiger partial charge in [-0.1, -0.05) is 31.2 Å². The molecule has 1 saturated heterocycles. The molecule has 3 rings (SSSR count). The van der Waals surface area contributed by atoms with Crippen LogP contribution >= 0.6 is 23.5 Å². The van der Waals surface area contributed by atoms with E-state index in [0.29, 0.717) is 15.8 Å². The fourth-order valence-corrected chi connectivity index (χ4v) is 5.59. The van der Waals surface area contributed by atoms with Gasteiger partial charge in [-0.05, 0) is 59.7 Å². The largest absolute Gasteiger partial charge is 0.452 e. The third kappa shape index (κ3) is 5.78. The molecule has 0 unspecified atom stereocenters. The van der Waals surface area contributed by atoms with E-state index in [1.165, 1.54) is 29.1 Å². The summed E-state index contributed by atoms with van der Waals surface area (Å²) in [5.41, 5.74) is 3.58. The van der Waals surface area contributed by atoms with E-state index in [1.54, 1.807) is 12.1 Å². The van der Waals surface area contributed by atoms with E-state index < -0.39 is 5.97 Å². The monoisotopic (exact) mass is 401 g/mol. The molecule has 2 aromatic carbocycles. The highest BCUT2D eigenvalue weighted by Gasteiger charge is 2.17. The maximum atomic E-state index is 12.2. The van der Waals surface area contributed by atoms with Gasteiger partial charge in [0.1, 0.15) is 0 Å². The van der Waals surface area contributed by atoms with Crippen LogP contribution in [-0.2, 0) is 16.0 Å². The number of thioether (sulfide) groups is 2. The number of hydrogen-bond donors (Lipinski definition) is 1. The van der Waals surface area contributed by atoms with E-state index in [9.17, 15) is 9.59 Å². The van der Waals surface area contributed by atoms with Crippen LogP contribution in [0.15, 0.2) is 48.5 Å². The summed E-state index contributed by atoms with van der Waals surface area (Å²) in [6.45, 7) is 1.77. The molecule has 4 nitrogen and oxygen atoms in total. The number of rotatable bonds is 6. The van der Waals surface area contributed by atoms with Gasteiger partial charge in [-0.15, -0.1) is 23.5 Å². The van der Waals surface area contributed by atoms with Crippen LogP contribution in [0.25, 0.3) is 0 Å². The maximum Gasteiger partial charge on any atom is 0.338 e. The molecule has 1 amide bonds. The molecule has 2 aromatic rings. The minimum Gasteiger partial charge on any atom is -0.452 e. The van der Waals surface area contributed by atoms with Crippen LogP contribution in [0.4, 0.5) is 5.69 Å². The molecule has 0 radical (unpaired) electrons. The molecule has 0 aliphatic carbocycles. The predicted octanol–water partition coefficient (Wildman–Crippen LogP) is 4.91. The molecule has 0 bridgehead atoms. The van der Waals surface area contributed by atoms with E-state index in [-0.39, 0.29) is 12.5 Å². The number of carbonyl (C=O) groups is 2. The molecular weight excluding hydrogens is 378 g/mol. The lowest BCUT2D eigenvalue weighted by Gasteiger charge is -2.21. The van der Waals surface area contributed by atoms with Gasteiger partial charge in [-0.3, -0.25) is 4.79 Å². The third-order valence-electron chi connectivity index (χ3n) is 4.23. The molecular formula is C21H23NO3S2. The number of aryl methyl sites for hydroxylation is 1. The average Bonchev–Trinajstić information content (AvgIpc) is 2.73. The quantitative estimate of drug-likeness (QED) is 0.697. The first-order valence-electron chi connectivity index (χ1n) is 9.05. The molecule has 6 heteroatoms. The lowest BCUT2D eigenvalue weighted by atomic mass is 10.1. The highest BCUT2D eigenvalue weighted by Crippen LogP contribution is 2.43. The first kappa shape index (κ1) is 19.8. The van der Waals surface area contributed by atoms with Gasteiger partial charge in [0.05, 0.1) is 10.1 Å². The second kappa shape index (κ2) is 9.85. The lowest BCUT2D eigenvalue weighted by molar-refractivity contribution is -0.119. The SMILES string of the molecule is CCc1ccc(NC(=O)COC(=O)c2ccc(C3SCCCS3)cc2)cc1. The Balaban J connectivity index is 1.48. The Bertz CT molecular complexity index is 769. The fourth-order valence-electron chi connectivity index (χ4n) is 2.69. The van der Waals surface area contributed by atoms with Crippen LogP contribution in [0.5, 0.6) is 0 Å². The van der Waals surface area contributed by atoms with Gasteiger partial charge in [-0.25, -0.2) is 4.79 Å². The Labute approximate surface area is 168 Å². The van der Waals surface area contributed by atoms with E-state index >= 15 is 0 Å². The first-order valence-corrected chi connectivity index (χ1v) is 11.1. The van der Waals surface area contributed by atoms with Crippen molar-refractivity contribution < 1.29 is 14.3 Å². The summed E-state index contributed by atoms with van der Waals surface area (Å²) in [5.74, 6) is 1.52. The summed E-state index contributed by atoms with van der Waals surface area (Å²) in [5, 5.41) is 2.73. The van der Waals surface area contributed by atoms with E-state index in [4.69, 9.17) is 4.74 Å². The zero-order chi connectivity index (χ0) is 19.1. The van der Waals surface area contributed by atoms with Gasteiger partial charge in [-0.2, -0.15) is 0 Å². The van der Waals surface area contributed by atoms with Gasteiger partial charge < -0.3 is 10.1 Å². The highest BCUT2D eigenvalue weighted by atomic mass is 32.2. The van der Waals surface area contributed by atoms with Gasteiger partial charge in [0.15, 0.2) is 6.61 Å². The van der Waals surface area contributed by atoms with Crippen molar-refractivity contribution in [2.24, 2.45) is 0 Å². The van der Waals surface area contributed by atoms with Crippen molar-refractivity contribution >= 4 is 41.1 Å². The summed E-state index contributed by atoms with van der Waals surface area (Å²) in [6, 6.07) is 15.1. The highest BCUT2D eigenvalue weighted by molar-refractivity contribution is 8.16. The van der Waals surface area contributed by atoms with Gasteiger partial charge in [0.25, 0.3) is 5.91 Å². The van der Waals surface area contributed by atoms with Crippen LogP contribution in [0.3, 0.4) is 0 Å². The zero-order valence-electron chi connectivity index (χ0n) is 15.3. The number of carbonyl (C=O) groups excluding carboxylic acids is 2. The van der Waals surface area contributed by atoms with Gasteiger partial charge in [0, 0.05) is 5.69 Å². The summed E-state index contributed by atoms with van der Waals surface area (Å²) >= 11 is 3.88. The number of nitrogens with one attached hydrogen (secondary N) is 1. The van der Waals surface area contributed by atoms with Gasteiger partial charge >= 0.3 is 5.97 Å². The number of ether oxygens (including phenoxy) is 1. The third-order valence-corrected chi connectivity index (χ3v) is 7.24. The van der Waals surface area contributed by atoms with Crippen molar-refractivity contribution in [2.75, 3.05) is 23.4 Å². The second-order valence-electron chi connectivity index (χ2n) is 6.22. The van der Waals surface area contributed by atoms with Crippen LogP contribution in [-0.4, -0.2) is 30.0 Å². The Morgan fingerprint density at radius 3 is 2.33 bits per heavy atom. The fraction of sp³-hybridized carbons (Fsp3) is 0.333. The second-order valence-corrected chi connectivity index (χ2v) is 8.95. The Kier molecular flexibility index (Phi) is 7.24. The van der Waals surface area contributed by atoms with Crippen molar-refractivity contribution in [1.82, 2.24) is 0 Å². The molecule has 1 heterocycles.